The van der Waals surface area contributed by atoms with Gasteiger partial charge < -0.3 is 5.11 Å². The van der Waals surface area contributed by atoms with E-state index in [1.807, 2.05) is 26.0 Å². The van der Waals surface area contributed by atoms with E-state index in [4.69, 9.17) is 0 Å². The molecule has 1 aliphatic heterocycles. The van der Waals surface area contributed by atoms with Crippen molar-refractivity contribution in [1.29, 1.82) is 0 Å². The van der Waals surface area contributed by atoms with Gasteiger partial charge in [-0.25, -0.2) is 0 Å². The highest BCUT2D eigenvalue weighted by molar-refractivity contribution is 5.72. The summed E-state index contributed by atoms with van der Waals surface area (Å²) < 4.78 is 0. The molecule has 2 aliphatic rings. The summed E-state index contributed by atoms with van der Waals surface area (Å²) in [5.41, 5.74) is 2.76. The fourth-order valence-corrected chi connectivity index (χ4v) is 3.03. The SMILES string of the molecule is CC.CCN1CC2CC1C=C2c1ccc(O)cc1. The Morgan fingerprint density at radius 2 is 1.89 bits per heavy atom. The van der Waals surface area contributed by atoms with Crippen molar-refractivity contribution in [2.24, 2.45) is 5.92 Å². The summed E-state index contributed by atoms with van der Waals surface area (Å²) in [4.78, 5) is 2.54. The lowest BCUT2D eigenvalue weighted by atomic mass is 9.95. The Kier molecular flexibility index (Phi) is 4.07. The zero-order valence-electron chi connectivity index (χ0n) is 11.6. The first-order valence-corrected chi connectivity index (χ1v) is 7.03. The molecule has 0 spiro atoms. The highest BCUT2D eigenvalue weighted by atomic mass is 16.3. The van der Waals surface area contributed by atoms with Crippen molar-refractivity contribution < 1.29 is 5.11 Å². The maximum Gasteiger partial charge on any atom is 0.115 e. The third-order valence-electron chi connectivity index (χ3n) is 3.87. The third-order valence-corrected chi connectivity index (χ3v) is 3.87. The standard InChI is InChI=1S/C14H17NO.C2H6/c1-2-15-9-11-7-12(15)8-14(11)10-3-5-13(16)6-4-10;1-2/h3-6,8,11-12,16H,2,7,9H2,1H3;1-2H3. The van der Waals surface area contributed by atoms with Crippen LogP contribution in [0.4, 0.5) is 0 Å². The summed E-state index contributed by atoms with van der Waals surface area (Å²) in [6.45, 7) is 8.59. The molecular weight excluding hydrogens is 222 g/mol. The summed E-state index contributed by atoms with van der Waals surface area (Å²) in [5, 5.41) is 9.28. The molecule has 1 saturated heterocycles. The Morgan fingerprint density at radius 1 is 1.22 bits per heavy atom. The maximum absolute atomic E-state index is 9.28. The van der Waals surface area contributed by atoms with Gasteiger partial charge in [0.05, 0.1) is 0 Å². The fraction of sp³-hybridized carbons (Fsp3) is 0.500. The molecule has 1 aliphatic carbocycles. The summed E-state index contributed by atoms with van der Waals surface area (Å²) in [6, 6.07) is 8.26. The summed E-state index contributed by atoms with van der Waals surface area (Å²) >= 11 is 0. The van der Waals surface area contributed by atoms with Gasteiger partial charge >= 0.3 is 0 Å². The molecule has 2 nitrogen and oxygen atoms in total. The molecule has 98 valence electrons. The number of phenols is 1. The van der Waals surface area contributed by atoms with Crippen molar-refractivity contribution in [3.8, 4) is 5.75 Å². The van der Waals surface area contributed by atoms with Crippen molar-refractivity contribution in [2.75, 3.05) is 13.1 Å². The quantitative estimate of drug-likeness (QED) is 0.861. The van der Waals surface area contributed by atoms with Crippen LogP contribution >= 0.6 is 0 Å². The number of likely N-dealkylation sites (tertiary alicyclic amines) is 1. The molecule has 0 aromatic heterocycles. The molecule has 0 radical (unpaired) electrons. The van der Waals surface area contributed by atoms with Crippen molar-refractivity contribution in [2.45, 2.75) is 33.2 Å². The van der Waals surface area contributed by atoms with Crippen LogP contribution in [-0.4, -0.2) is 29.1 Å². The van der Waals surface area contributed by atoms with Crippen LogP contribution in [0.3, 0.4) is 0 Å². The van der Waals surface area contributed by atoms with Gasteiger partial charge in [-0.3, -0.25) is 4.90 Å². The average Bonchev–Trinajstić information content (AvgIpc) is 3.01. The molecule has 3 rings (SSSR count). The Hall–Kier alpha value is -1.28. The van der Waals surface area contributed by atoms with Gasteiger partial charge in [-0.1, -0.05) is 39.0 Å². The molecule has 0 saturated carbocycles. The molecule has 1 heterocycles. The number of benzene rings is 1. The summed E-state index contributed by atoms with van der Waals surface area (Å²) in [6.07, 6.45) is 3.69. The van der Waals surface area contributed by atoms with E-state index >= 15 is 0 Å². The Morgan fingerprint density at radius 3 is 2.39 bits per heavy atom. The van der Waals surface area contributed by atoms with E-state index in [2.05, 4.69) is 17.9 Å². The van der Waals surface area contributed by atoms with Crippen LogP contribution in [0.1, 0.15) is 32.8 Å². The van der Waals surface area contributed by atoms with Gasteiger partial charge in [0.15, 0.2) is 0 Å². The lowest BCUT2D eigenvalue weighted by Gasteiger charge is -2.24. The number of likely N-dealkylation sites (N-methyl/N-ethyl adjacent to an activating group) is 1. The normalized spacial score (nSPS) is 25.6. The van der Waals surface area contributed by atoms with Crippen LogP contribution in [0.5, 0.6) is 5.75 Å². The van der Waals surface area contributed by atoms with E-state index < -0.39 is 0 Å². The fourth-order valence-electron chi connectivity index (χ4n) is 3.03. The lowest BCUT2D eigenvalue weighted by Crippen LogP contribution is -2.30. The van der Waals surface area contributed by atoms with Gasteiger partial charge in [-0.05, 0) is 42.2 Å². The minimum atomic E-state index is 0.350. The number of hydrogen-bond donors (Lipinski definition) is 1. The number of fused-ring (bicyclic) bond motifs is 2. The minimum Gasteiger partial charge on any atom is -0.508 e. The second kappa shape index (κ2) is 5.57. The van der Waals surface area contributed by atoms with E-state index in [-0.39, 0.29) is 0 Å². The number of aromatic hydroxyl groups is 1. The first-order valence-electron chi connectivity index (χ1n) is 7.03. The average molecular weight is 245 g/mol. The van der Waals surface area contributed by atoms with Gasteiger partial charge in [-0.2, -0.15) is 0 Å². The molecule has 2 heteroatoms. The predicted octanol–water partition coefficient (Wildman–Crippen LogP) is 3.53. The minimum absolute atomic E-state index is 0.350. The van der Waals surface area contributed by atoms with E-state index in [1.165, 1.54) is 24.1 Å². The molecule has 1 N–H and O–H groups in total. The molecule has 1 aromatic rings. The van der Waals surface area contributed by atoms with E-state index in [0.717, 1.165) is 6.54 Å². The zero-order valence-corrected chi connectivity index (χ0v) is 11.6. The number of phenolic OH excluding ortho intramolecular Hbond substituents is 1. The molecule has 18 heavy (non-hydrogen) atoms. The number of nitrogens with zero attached hydrogens (tertiary/aromatic N) is 1. The first-order chi connectivity index (χ1) is 8.78. The molecule has 1 aromatic carbocycles. The Labute approximate surface area is 110 Å². The van der Waals surface area contributed by atoms with Crippen LogP contribution in [0.25, 0.3) is 5.57 Å². The molecule has 2 bridgehead atoms. The second-order valence-electron chi connectivity index (χ2n) is 4.76. The van der Waals surface area contributed by atoms with Crippen LogP contribution in [0.15, 0.2) is 30.3 Å². The molecule has 1 fully saturated rings. The van der Waals surface area contributed by atoms with E-state index in [0.29, 0.717) is 17.7 Å². The predicted molar refractivity (Wildman–Crippen MR) is 76.6 cm³/mol. The molecule has 0 amide bonds. The Balaban J connectivity index is 0.000000574. The molecule has 2 atom stereocenters. The zero-order chi connectivity index (χ0) is 13.1. The first kappa shape index (κ1) is 13.2. The highest BCUT2D eigenvalue weighted by Crippen LogP contribution is 2.42. The van der Waals surface area contributed by atoms with Crippen LogP contribution in [0, 0.1) is 5.92 Å². The third kappa shape index (κ3) is 2.30. The largest absolute Gasteiger partial charge is 0.508 e. The van der Waals surface area contributed by atoms with Crippen molar-refractivity contribution >= 4 is 5.57 Å². The number of rotatable bonds is 2. The Bertz CT molecular complexity index is 421. The molecule has 2 unspecified atom stereocenters. The number of hydrogen-bond acceptors (Lipinski definition) is 2. The highest BCUT2D eigenvalue weighted by Gasteiger charge is 2.37. The van der Waals surface area contributed by atoms with Crippen LogP contribution < -0.4 is 0 Å². The van der Waals surface area contributed by atoms with Gasteiger partial charge in [0.25, 0.3) is 0 Å². The van der Waals surface area contributed by atoms with E-state index in [9.17, 15) is 5.11 Å². The smallest absolute Gasteiger partial charge is 0.115 e. The van der Waals surface area contributed by atoms with Gasteiger partial charge in [-0.15, -0.1) is 0 Å². The van der Waals surface area contributed by atoms with Gasteiger partial charge in [0.1, 0.15) is 5.75 Å². The van der Waals surface area contributed by atoms with Crippen molar-refractivity contribution in [3.63, 3.8) is 0 Å². The van der Waals surface area contributed by atoms with Crippen molar-refractivity contribution in [1.82, 2.24) is 4.90 Å². The van der Waals surface area contributed by atoms with Gasteiger partial charge in [0, 0.05) is 12.6 Å². The molecular formula is C16H23NO. The van der Waals surface area contributed by atoms with Crippen molar-refractivity contribution in [3.05, 3.63) is 35.9 Å². The second-order valence-corrected chi connectivity index (χ2v) is 4.76. The van der Waals surface area contributed by atoms with E-state index in [1.54, 1.807) is 12.1 Å². The van der Waals surface area contributed by atoms with Crippen LogP contribution in [0.2, 0.25) is 0 Å². The summed E-state index contributed by atoms with van der Waals surface area (Å²) in [5.74, 6) is 1.05. The topological polar surface area (TPSA) is 23.5 Å². The van der Waals surface area contributed by atoms with Crippen LogP contribution in [-0.2, 0) is 0 Å². The maximum atomic E-state index is 9.28. The van der Waals surface area contributed by atoms with Gasteiger partial charge in [0.2, 0.25) is 0 Å². The summed E-state index contributed by atoms with van der Waals surface area (Å²) in [7, 11) is 0. The monoisotopic (exact) mass is 245 g/mol. The lowest BCUT2D eigenvalue weighted by molar-refractivity contribution is 0.297.